The van der Waals surface area contributed by atoms with Crippen LogP contribution in [0.3, 0.4) is 0 Å². The summed E-state index contributed by atoms with van der Waals surface area (Å²) in [7, 11) is 12.2. The molecule has 6 rings (SSSR count). The van der Waals surface area contributed by atoms with Crippen LogP contribution in [0.1, 0.15) is 79.3 Å². The molecule has 1 aromatic heterocycles. The Morgan fingerprint density at radius 1 is 0.735 bits per heavy atom. The molecular formula is C43H49Cl2N2RuS-. The van der Waals surface area contributed by atoms with Gasteiger partial charge in [0.25, 0.3) is 0 Å². The molecule has 49 heavy (non-hydrogen) atoms. The molecule has 260 valence electrons. The number of halogens is 2. The quantitative estimate of drug-likeness (QED) is 0.0970. The topological polar surface area (TPSA) is 6.48 Å². The molecule has 0 spiro atoms. The van der Waals surface area contributed by atoms with Gasteiger partial charge in [-0.15, -0.1) is 5.41 Å². The van der Waals surface area contributed by atoms with Gasteiger partial charge in [0.05, 0.1) is 0 Å². The fraction of sp³-hybridized carbons (Fsp3) is 0.302. The molecule has 1 unspecified atom stereocenters. The first-order chi connectivity index (χ1) is 23.6. The zero-order valence-electron chi connectivity index (χ0n) is 29.4. The van der Waals surface area contributed by atoms with E-state index in [1.54, 1.807) is 11.3 Å². The summed E-state index contributed by atoms with van der Waals surface area (Å²) in [5.74, 6) is 0. The molecule has 4 aromatic carbocycles. The summed E-state index contributed by atoms with van der Waals surface area (Å²) in [6.45, 7) is 16.9. The van der Waals surface area contributed by atoms with Crippen molar-refractivity contribution in [2.75, 3.05) is 4.90 Å². The van der Waals surface area contributed by atoms with Crippen LogP contribution in [0, 0.1) is 6.54 Å². The standard InChI is InChI=1S/C23H30N.C20H19NS.2ClH.Ru/c1-6-18-12-11-13-19(7-2)21(18)24-17-23(5,16-22(24,3)4)20-14-9-8-10-15-20;1-17-8-5-6-11-19(17)15-21(16-20-12-7-13-22-20)14-18-9-3-2-4-10-18;;;/h8-15,17H,6-7,16H2,1-5H3;1-13H,14-16H2;2*1H;/q-1;;;;+2/p-2. The summed E-state index contributed by atoms with van der Waals surface area (Å²) in [5.41, 5.74) is 9.70. The van der Waals surface area contributed by atoms with Gasteiger partial charge in [0.2, 0.25) is 0 Å². The molecule has 0 aliphatic carbocycles. The van der Waals surface area contributed by atoms with E-state index in [2.05, 4.69) is 166 Å². The molecule has 2 nitrogen and oxygen atoms in total. The molecular weight excluding hydrogens is 749 g/mol. The zero-order chi connectivity index (χ0) is 34.9. The van der Waals surface area contributed by atoms with Gasteiger partial charge in [0.1, 0.15) is 0 Å². The predicted octanol–water partition coefficient (Wildman–Crippen LogP) is 11.9. The van der Waals surface area contributed by atoms with E-state index in [9.17, 15) is 0 Å². The van der Waals surface area contributed by atoms with Gasteiger partial charge in [0.15, 0.2) is 0 Å². The van der Waals surface area contributed by atoms with Crippen LogP contribution in [-0.4, -0.2) is 15.0 Å². The van der Waals surface area contributed by atoms with Gasteiger partial charge in [0, 0.05) is 11.2 Å². The van der Waals surface area contributed by atoms with E-state index < -0.39 is 13.5 Å². The predicted molar refractivity (Wildman–Crippen MR) is 211 cm³/mol. The summed E-state index contributed by atoms with van der Waals surface area (Å²) in [6, 6.07) is 41.0. The normalized spacial score (nSPS) is 17.1. The van der Waals surface area contributed by atoms with Crippen molar-refractivity contribution in [2.24, 2.45) is 0 Å². The van der Waals surface area contributed by atoms with Gasteiger partial charge in [-0.1, -0.05) is 74.9 Å². The Morgan fingerprint density at radius 2 is 1.35 bits per heavy atom. The Bertz CT molecular complexity index is 1760. The summed E-state index contributed by atoms with van der Waals surface area (Å²) in [4.78, 5) is 6.41. The second-order valence-electron chi connectivity index (χ2n) is 13.6. The summed E-state index contributed by atoms with van der Waals surface area (Å²) < 4.78 is 2.04. The van der Waals surface area contributed by atoms with E-state index in [-0.39, 0.29) is 11.0 Å². The Kier molecular flexibility index (Phi) is 13.5. The molecule has 0 saturated carbocycles. The van der Waals surface area contributed by atoms with E-state index in [0.29, 0.717) is 0 Å². The molecule has 1 aliphatic rings. The van der Waals surface area contributed by atoms with Crippen molar-refractivity contribution in [2.45, 2.75) is 84.5 Å². The van der Waals surface area contributed by atoms with Crippen LogP contribution in [0.25, 0.3) is 0 Å². The van der Waals surface area contributed by atoms with Crippen molar-refractivity contribution in [3.05, 3.63) is 165 Å². The molecule has 0 radical (unpaired) electrons. The van der Waals surface area contributed by atoms with E-state index in [1.165, 1.54) is 38.4 Å². The SMILES string of the molecule is CCc1cccc(CC)c1N1[CH-]C(C)(c2ccccc2)CC1(C)C.[Cl][Ru]([Cl])=[CH]c1ccccc1CN(Cc1ccccc1)Cc1cccs1. The Morgan fingerprint density at radius 3 is 1.96 bits per heavy atom. The Labute approximate surface area is 312 Å². The summed E-state index contributed by atoms with van der Waals surface area (Å²) in [6.07, 6.45) is 3.28. The Balaban J connectivity index is 0.000000191. The fourth-order valence-corrected chi connectivity index (χ4v) is 9.74. The number of benzene rings is 4. The monoisotopic (exact) mass is 797 g/mol. The first-order valence-corrected chi connectivity index (χ1v) is 23.5. The minimum absolute atomic E-state index is 0.0800. The summed E-state index contributed by atoms with van der Waals surface area (Å²) in [5, 5.41) is 2.13. The minimum atomic E-state index is -1.84. The second-order valence-corrected chi connectivity index (χ2v) is 20.4. The molecule has 6 heteroatoms. The zero-order valence-corrected chi connectivity index (χ0v) is 33.4. The number of aryl methyl sites for hydroxylation is 2. The molecule has 0 amide bonds. The van der Waals surface area contributed by atoms with Crippen LogP contribution < -0.4 is 4.90 Å². The Hall–Kier alpha value is -2.59. The number of anilines is 1. The van der Waals surface area contributed by atoms with Crippen LogP contribution in [0.15, 0.2) is 121 Å². The van der Waals surface area contributed by atoms with Crippen molar-refractivity contribution < 1.29 is 13.5 Å². The molecule has 1 fully saturated rings. The van der Waals surface area contributed by atoms with Crippen molar-refractivity contribution in [1.82, 2.24) is 4.90 Å². The third-order valence-electron chi connectivity index (χ3n) is 9.35. The average molecular weight is 798 g/mol. The van der Waals surface area contributed by atoms with E-state index in [0.717, 1.165) is 44.5 Å². The van der Waals surface area contributed by atoms with Crippen molar-refractivity contribution >= 4 is 41.0 Å². The third kappa shape index (κ3) is 10.0. The molecule has 0 N–H and O–H groups in total. The first kappa shape index (κ1) is 37.7. The number of para-hydroxylation sites is 1. The van der Waals surface area contributed by atoms with Crippen molar-refractivity contribution in [3.8, 4) is 0 Å². The van der Waals surface area contributed by atoms with Crippen LogP contribution in [0.5, 0.6) is 0 Å². The van der Waals surface area contributed by atoms with Gasteiger partial charge >= 0.3 is 167 Å². The van der Waals surface area contributed by atoms with Gasteiger partial charge < -0.3 is 4.90 Å². The third-order valence-corrected chi connectivity index (χ3v) is 12.0. The molecule has 1 saturated heterocycles. The molecule has 1 aliphatic heterocycles. The van der Waals surface area contributed by atoms with Gasteiger partial charge in [-0.05, 0) is 44.2 Å². The van der Waals surface area contributed by atoms with Crippen LogP contribution >= 0.6 is 30.7 Å². The van der Waals surface area contributed by atoms with E-state index in [4.69, 9.17) is 19.4 Å². The molecule has 5 aromatic rings. The van der Waals surface area contributed by atoms with Crippen LogP contribution in [-0.2, 0) is 51.4 Å². The number of hydrogen-bond acceptors (Lipinski definition) is 3. The van der Waals surface area contributed by atoms with Gasteiger partial charge in [-0.3, -0.25) is 0 Å². The first-order valence-electron chi connectivity index (χ1n) is 17.1. The summed E-state index contributed by atoms with van der Waals surface area (Å²) >= 11 is -0.0331. The molecule has 1 atom stereocenters. The van der Waals surface area contributed by atoms with Gasteiger partial charge in [-0.2, -0.15) is 0 Å². The molecule has 0 bridgehead atoms. The molecule has 2 heterocycles. The maximum absolute atomic E-state index is 6.11. The number of nitrogens with zero attached hydrogens (tertiary/aromatic N) is 2. The van der Waals surface area contributed by atoms with Crippen LogP contribution in [0.2, 0.25) is 0 Å². The van der Waals surface area contributed by atoms with Crippen molar-refractivity contribution in [1.29, 1.82) is 0 Å². The van der Waals surface area contributed by atoms with E-state index in [1.807, 2.05) is 10.7 Å². The number of rotatable bonds is 11. The van der Waals surface area contributed by atoms with E-state index >= 15 is 0 Å². The fourth-order valence-electron chi connectivity index (χ4n) is 7.11. The van der Waals surface area contributed by atoms with Crippen molar-refractivity contribution in [3.63, 3.8) is 0 Å². The average Bonchev–Trinajstić information content (AvgIpc) is 3.70. The van der Waals surface area contributed by atoms with Gasteiger partial charge in [-0.25, -0.2) is 6.54 Å². The number of hydrogen-bond donors (Lipinski definition) is 0. The maximum atomic E-state index is 6.11. The number of thiophene rings is 1. The second kappa shape index (κ2) is 17.6. The van der Waals surface area contributed by atoms with Crippen LogP contribution in [0.4, 0.5) is 5.69 Å².